The van der Waals surface area contributed by atoms with E-state index in [0.29, 0.717) is 17.1 Å². The lowest BCUT2D eigenvalue weighted by atomic mass is 9.96. The van der Waals surface area contributed by atoms with E-state index in [1.165, 1.54) is 32.8 Å². The highest BCUT2D eigenvalue weighted by molar-refractivity contribution is 5.96. The van der Waals surface area contributed by atoms with Gasteiger partial charge < -0.3 is 19.5 Å². The van der Waals surface area contributed by atoms with Crippen LogP contribution in [-0.2, 0) is 14.3 Å². The molecule has 1 fully saturated rings. The third-order valence-electron chi connectivity index (χ3n) is 4.32. The Labute approximate surface area is 164 Å². The molecule has 8 nitrogen and oxygen atoms in total. The van der Waals surface area contributed by atoms with Crippen LogP contribution in [0.5, 0.6) is 11.5 Å². The van der Waals surface area contributed by atoms with Gasteiger partial charge >= 0.3 is 12.0 Å². The van der Waals surface area contributed by atoms with Crippen molar-refractivity contribution in [2.75, 3.05) is 20.8 Å². The number of carbonyl (C=O) groups is 3. The summed E-state index contributed by atoms with van der Waals surface area (Å²) in [5, 5.41) is 4.92. The molecule has 0 unspecified atom stereocenters. The van der Waals surface area contributed by atoms with Gasteiger partial charge in [0.25, 0.3) is 5.91 Å². The van der Waals surface area contributed by atoms with Crippen LogP contribution >= 0.6 is 0 Å². The summed E-state index contributed by atoms with van der Waals surface area (Å²) in [7, 11) is 3.05. The maximum Gasteiger partial charge on any atom is 0.331 e. The van der Waals surface area contributed by atoms with Crippen LogP contribution in [0.1, 0.15) is 37.7 Å². The molecule has 1 saturated carbocycles. The van der Waals surface area contributed by atoms with Crippen LogP contribution in [0.25, 0.3) is 6.08 Å². The molecule has 2 rings (SSSR count). The van der Waals surface area contributed by atoms with Crippen LogP contribution in [0.3, 0.4) is 0 Å². The molecule has 2 N–H and O–H groups in total. The number of ether oxygens (including phenoxy) is 3. The number of hydrogen-bond donors (Lipinski definition) is 2. The van der Waals surface area contributed by atoms with E-state index in [0.717, 1.165) is 25.7 Å². The normalized spacial score (nSPS) is 14.4. The van der Waals surface area contributed by atoms with Gasteiger partial charge in [-0.2, -0.15) is 0 Å². The molecule has 0 aromatic heterocycles. The Kier molecular flexibility index (Phi) is 8.33. The van der Waals surface area contributed by atoms with E-state index in [4.69, 9.17) is 14.2 Å². The van der Waals surface area contributed by atoms with Crippen LogP contribution in [-0.4, -0.2) is 44.8 Å². The smallest absolute Gasteiger partial charge is 0.331 e. The second-order valence-corrected chi connectivity index (χ2v) is 6.44. The number of esters is 1. The highest BCUT2D eigenvalue weighted by Gasteiger charge is 2.17. The molecule has 0 aliphatic heterocycles. The van der Waals surface area contributed by atoms with Crippen molar-refractivity contribution in [1.82, 2.24) is 10.6 Å². The molecular weight excluding hydrogens is 364 g/mol. The Morgan fingerprint density at radius 2 is 1.68 bits per heavy atom. The molecular formula is C20H26N2O6. The number of carbonyl (C=O) groups excluding carboxylic acids is 3. The van der Waals surface area contributed by atoms with Gasteiger partial charge in [0, 0.05) is 18.2 Å². The van der Waals surface area contributed by atoms with Gasteiger partial charge in [0.1, 0.15) is 11.5 Å². The van der Waals surface area contributed by atoms with Gasteiger partial charge in [-0.3, -0.25) is 10.1 Å². The van der Waals surface area contributed by atoms with Crippen LogP contribution in [0.15, 0.2) is 24.3 Å². The third-order valence-corrected chi connectivity index (χ3v) is 4.32. The quantitative estimate of drug-likeness (QED) is 0.547. The van der Waals surface area contributed by atoms with Crippen molar-refractivity contribution in [2.45, 2.75) is 38.1 Å². The number of amides is 3. The van der Waals surface area contributed by atoms with E-state index < -0.39 is 24.5 Å². The monoisotopic (exact) mass is 390 g/mol. The molecule has 1 aliphatic carbocycles. The summed E-state index contributed by atoms with van der Waals surface area (Å²) in [5.74, 6) is -0.228. The van der Waals surface area contributed by atoms with E-state index >= 15 is 0 Å². The van der Waals surface area contributed by atoms with E-state index in [9.17, 15) is 14.4 Å². The molecule has 0 atom stereocenters. The van der Waals surface area contributed by atoms with E-state index in [2.05, 4.69) is 10.6 Å². The zero-order chi connectivity index (χ0) is 20.4. The maximum absolute atomic E-state index is 11.8. The lowest BCUT2D eigenvalue weighted by molar-refractivity contribution is -0.143. The average molecular weight is 390 g/mol. The Morgan fingerprint density at radius 3 is 2.29 bits per heavy atom. The molecule has 152 valence electrons. The maximum atomic E-state index is 11.8. The number of imide groups is 1. The van der Waals surface area contributed by atoms with Crippen molar-refractivity contribution in [2.24, 2.45) is 0 Å². The van der Waals surface area contributed by atoms with Crippen molar-refractivity contribution >= 4 is 24.0 Å². The topological polar surface area (TPSA) is 103 Å². The van der Waals surface area contributed by atoms with Crippen LogP contribution in [0.4, 0.5) is 4.79 Å². The molecule has 0 bridgehead atoms. The Bertz CT molecular complexity index is 703. The van der Waals surface area contributed by atoms with Gasteiger partial charge in [-0.05, 0) is 36.6 Å². The molecule has 1 aromatic rings. The molecule has 1 aromatic carbocycles. The minimum atomic E-state index is -0.704. The number of methoxy groups -OCH3 is 2. The van der Waals surface area contributed by atoms with Crippen molar-refractivity contribution in [3.8, 4) is 11.5 Å². The summed E-state index contributed by atoms with van der Waals surface area (Å²) < 4.78 is 15.2. The second kappa shape index (κ2) is 11.0. The van der Waals surface area contributed by atoms with Gasteiger partial charge in [0.15, 0.2) is 6.61 Å². The van der Waals surface area contributed by atoms with Gasteiger partial charge in [0.2, 0.25) is 0 Å². The predicted octanol–water partition coefficient (Wildman–Crippen LogP) is 2.42. The van der Waals surface area contributed by atoms with Gasteiger partial charge in [-0.1, -0.05) is 19.3 Å². The minimum Gasteiger partial charge on any atom is -0.497 e. The number of benzene rings is 1. The summed E-state index contributed by atoms with van der Waals surface area (Å²) in [6.07, 6.45) is 7.84. The fourth-order valence-corrected chi connectivity index (χ4v) is 2.91. The summed E-state index contributed by atoms with van der Waals surface area (Å²) >= 11 is 0. The van der Waals surface area contributed by atoms with Crippen LogP contribution in [0, 0.1) is 0 Å². The standard InChI is InChI=1S/C20H26N2O6/c1-26-16-10-14(11-17(12-16)27-2)8-9-19(24)28-13-18(23)22-20(25)21-15-6-4-3-5-7-15/h8-12,15H,3-7,13H2,1-2H3,(H2,21,22,23,25)/b9-8+. The largest absolute Gasteiger partial charge is 0.497 e. The molecule has 3 amide bonds. The predicted molar refractivity (Wildman–Crippen MR) is 103 cm³/mol. The Hall–Kier alpha value is -3.03. The number of nitrogens with one attached hydrogen (secondary N) is 2. The lowest BCUT2D eigenvalue weighted by Crippen LogP contribution is -2.46. The first-order chi connectivity index (χ1) is 13.5. The first-order valence-corrected chi connectivity index (χ1v) is 9.18. The molecule has 0 saturated heterocycles. The summed E-state index contributed by atoms with van der Waals surface area (Å²) in [4.78, 5) is 35.3. The van der Waals surface area contributed by atoms with Crippen LogP contribution < -0.4 is 20.1 Å². The van der Waals surface area contributed by atoms with Crippen molar-refractivity contribution in [1.29, 1.82) is 0 Å². The molecule has 0 spiro atoms. The van der Waals surface area contributed by atoms with Crippen LogP contribution in [0.2, 0.25) is 0 Å². The highest BCUT2D eigenvalue weighted by Crippen LogP contribution is 2.23. The highest BCUT2D eigenvalue weighted by atomic mass is 16.5. The SMILES string of the molecule is COc1cc(/C=C/C(=O)OCC(=O)NC(=O)NC2CCCCC2)cc(OC)c1. The average Bonchev–Trinajstić information content (AvgIpc) is 2.71. The van der Waals surface area contributed by atoms with Gasteiger partial charge in [0.05, 0.1) is 14.2 Å². The third kappa shape index (κ3) is 7.30. The molecule has 0 heterocycles. The zero-order valence-corrected chi connectivity index (χ0v) is 16.2. The fourth-order valence-electron chi connectivity index (χ4n) is 2.91. The molecule has 28 heavy (non-hydrogen) atoms. The van der Waals surface area contributed by atoms with Crippen molar-refractivity contribution < 1.29 is 28.6 Å². The summed E-state index contributed by atoms with van der Waals surface area (Å²) in [6, 6.07) is 4.67. The van der Waals surface area contributed by atoms with E-state index in [1.807, 2.05) is 0 Å². The first-order valence-electron chi connectivity index (χ1n) is 9.18. The van der Waals surface area contributed by atoms with Crippen molar-refractivity contribution in [3.63, 3.8) is 0 Å². The molecule has 1 aliphatic rings. The number of hydrogen-bond acceptors (Lipinski definition) is 6. The Balaban J connectivity index is 1.76. The Morgan fingerprint density at radius 1 is 1.04 bits per heavy atom. The minimum absolute atomic E-state index is 0.0897. The first kappa shape index (κ1) is 21.3. The van der Waals surface area contributed by atoms with E-state index in [-0.39, 0.29) is 6.04 Å². The summed E-state index contributed by atoms with van der Waals surface area (Å²) in [6.45, 7) is -0.539. The lowest BCUT2D eigenvalue weighted by Gasteiger charge is -2.22. The zero-order valence-electron chi connectivity index (χ0n) is 16.2. The molecule has 0 radical (unpaired) electrons. The number of urea groups is 1. The van der Waals surface area contributed by atoms with E-state index in [1.54, 1.807) is 18.2 Å². The van der Waals surface area contributed by atoms with Crippen molar-refractivity contribution in [3.05, 3.63) is 29.8 Å². The number of rotatable bonds is 7. The van der Waals surface area contributed by atoms with Gasteiger partial charge in [-0.25, -0.2) is 9.59 Å². The second-order valence-electron chi connectivity index (χ2n) is 6.44. The molecule has 8 heteroatoms. The van der Waals surface area contributed by atoms with Gasteiger partial charge in [-0.15, -0.1) is 0 Å². The fraction of sp³-hybridized carbons (Fsp3) is 0.450. The summed E-state index contributed by atoms with van der Waals surface area (Å²) in [5.41, 5.74) is 0.671.